The van der Waals surface area contributed by atoms with Crippen molar-refractivity contribution in [2.75, 3.05) is 11.4 Å². The first kappa shape index (κ1) is 16.4. The van der Waals surface area contributed by atoms with E-state index in [-0.39, 0.29) is 12.1 Å². The van der Waals surface area contributed by atoms with Crippen molar-refractivity contribution < 1.29 is 13.2 Å². The fourth-order valence-electron chi connectivity index (χ4n) is 3.29. The van der Waals surface area contributed by atoms with Crippen molar-refractivity contribution in [3.05, 3.63) is 58.6 Å². The van der Waals surface area contributed by atoms with Gasteiger partial charge in [0.15, 0.2) is 5.65 Å². The largest absolute Gasteiger partial charge is 0.342 e. The second-order valence-electron chi connectivity index (χ2n) is 6.23. The number of nitrogens with zero attached hydrogens (tertiary/aromatic N) is 4. The molecule has 1 fully saturated rings. The Morgan fingerprint density at radius 1 is 1.24 bits per heavy atom. The van der Waals surface area contributed by atoms with Crippen LogP contribution >= 0.6 is 15.9 Å². The predicted molar refractivity (Wildman–Crippen MR) is 91.3 cm³/mol. The summed E-state index contributed by atoms with van der Waals surface area (Å²) in [4.78, 5) is 5.69. The van der Waals surface area contributed by atoms with Gasteiger partial charge in [-0.25, -0.2) is 22.7 Å². The highest BCUT2D eigenvalue weighted by atomic mass is 79.9. The van der Waals surface area contributed by atoms with Crippen molar-refractivity contribution in [2.45, 2.75) is 18.9 Å². The molecule has 0 bridgehead atoms. The molecule has 130 valence electrons. The summed E-state index contributed by atoms with van der Waals surface area (Å²) in [5.74, 6) is -4.03. The molecule has 2 atom stereocenters. The van der Waals surface area contributed by atoms with Crippen LogP contribution in [0.2, 0.25) is 0 Å². The molecule has 0 N–H and O–H groups in total. The topological polar surface area (TPSA) is 33.4 Å². The summed E-state index contributed by atoms with van der Waals surface area (Å²) in [6.45, 7) is 1.62. The quantitative estimate of drug-likeness (QED) is 0.625. The Morgan fingerprint density at radius 3 is 2.80 bits per heavy atom. The maximum absolute atomic E-state index is 14.9. The molecule has 0 radical (unpaired) electrons. The number of hydrogen-bond donors (Lipinski definition) is 0. The minimum absolute atomic E-state index is 0.124. The molecule has 0 aliphatic carbocycles. The summed E-state index contributed by atoms with van der Waals surface area (Å²) in [7, 11) is 0. The number of imidazole rings is 1. The van der Waals surface area contributed by atoms with Gasteiger partial charge in [0.1, 0.15) is 22.3 Å². The van der Waals surface area contributed by atoms with Gasteiger partial charge in [-0.15, -0.1) is 5.10 Å². The van der Waals surface area contributed by atoms with Crippen LogP contribution in [-0.4, -0.2) is 27.1 Å². The molecule has 25 heavy (non-hydrogen) atoms. The van der Waals surface area contributed by atoms with Crippen molar-refractivity contribution >= 4 is 27.4 Å². The second kappa shape index (κ2) is 5.72. The lowest BCUT2D eigenvalue weighted by Crippen LogP contribution is -2.32. The Kier molecular flexibility index (Phi) is 3.75. The monoisotopic (exact) mass is 410 g/mol. The lowest BCUT2D eigenvalue weighted by atomic mass is 9.96. The number of fused-ring (bicyclic) bond motifs is 1. The summed E-state index contributed by atoms with van der Waals surface area (Å²) in [6.07, 6.45) is 1.59. The molecule has 8 heteroatoms. The van der Waals surface area contributed by atoms with Crippen LogP contribution in [0.25, 0.3) is 5.65 Å². The number of halogens is 4. The number of anilines is 1. The molecule has 3 heterocycles. The molecule has 2 aromatic heterocycles. The van der Waals surface area contributed by atoms with Gasteiger partial charge in [0.25, 0.3) is 5.92 Å². The Morgan fingerprint density at radius 2 is 2.04 bits per heavy atom. The van der Waals surface area contributed by atoms with Crippen molar-refractivity contribution in [3.63, 3.8) is 0 Å². The summed E-state index contributed by atoms with van der Waals surface area (Å²) in [5.41, 5.74) is 0.845. The van der Waals surface area contributed by atoms with Crippen LogP contribution in [0.5, 0.6) is 0 Å². The van der Waals surface area contributed by atoms with Gasteiger partial charge >= 0.3 is 0 Å². The molecule has 1 aliphatic rings. The number of benzene rings is 1. The van der Waals surface area contributed by atoms with Crippen LogP contribution in [0.4, 0.5) is 19.0 Å². The zero-order valence-corrected chi connectivity index (χ0v) is 14.8. The van der Waals surface area contributed by atoms with Gasteiger partial charge in [0.2, 0.25) is 0 Å². The predicted octanol–water partition coefficient (Wildman–Crippen LogP) is 4.46. The third kappa shape index (κ3) is 2.59. The Labute approximate surface area is 150 Å². The molecule has 0 amide bonds. The van der Waals surface area contributed by atoms with E-state index < -0.39 is 23.7 Å². The van der Waals surface area contributed by atoms with Crippen molar-refractivity contribution in [3.8, 4) is 0 Å². The van der Waals surface area contributed by atoms with Crippen LogP contribution < -0.4 is 4.90 Å². The van der Waals surface area contributed by atoms with Crippen LogP contribution in [0, 0.1) is 11.7 Å². The van der Waals surface area contributed by atoms with Crippen LogP contribution in [0.15, 0.2) is 47.2 Å². The van der Waals surface area contributed by atoms with Crippen molar-refractivity contribution in [1.82, 2.24) is 14.6 Å². The number of rotatable bonds is 2. The first-order chi connectivity index (χ1) is 11.9. The average molecular weight is 411 g/mol. The van der Waals surface area contributed by atoms with E-state index in [2.05, 4.69) is 26.0 Å². The molecule has 1 aromatic carbocycles. The fraction of sp³-hybridized carbons (Fsp3) is 0.294. The fourth-order valence-corrected chi connectivity index (χ4v) is 3.66. The van der Waals surface area contributed by atoms with Gasteiger partial charge in [0.05, 0.1) is 6.20 Å². The van der Waals surface area contributed by atoms with E-state index in [9.17, 15) is 13.2 Å². The first-order valence-electron chi connectivity index (χ1n) is 7.78. The highest BCUT2D eigenvalue weighted by molar-refractivity contribution is 9.10. The first-order valence-corrected chi connectivity index (χ1v) is 8.57. The third-order valence-corrected chi connectivity index (χ3v) is 5.11. The minimum Gasteiger partial charge on any atom is -0.342 e. The normalized spacial score (nSPS) is 22.7. The molecule has 1 aliphatic heterocycles. The molecule has 0 spiro atoms. The number of alkyl halides is 2. The second-order valence-corrected chi connectivity index (χ2v) is 7.04. The minimum atomic E-state index is -3.00. The van der Waals surface area contributed by atoms with Crippen molar-refractivity contribution in [1.29, 1.82) is 0 Å². The van der Waals surface area contributed by atoms with E-state index in [0.717, 1.165) is 6.07 Å². The smallest absolute Gasteiger partial charge is 0.276 e. The highest BCUT2D eigenvalue weighted by Crippen LogP contribution is 2.49. The Hall–Kier alpha value is -2.09. The van der Waals surface area contributed by atoms with E-state index in [1.54, 1.807) is 22.8 Å². The van der Waals surface area contributed by atoms with Crippen LogP contribution in [0.3, 0.4) is 0 Å². The summed E-state index contributed by atoms with van der Waals surface area (Å²) >= 11 is 3.34. The summed E-state index contributed by atoms with van der Waals surface area (Å²) < 4.78 is 45.5. The zero-order chi connectivity index (χ0) is 17.8. The molecular formula is C17H14BrF3N4. The highest BCUT2D eigenvalue weighted by Gasteiger charge is 2.55. The standard InChI is InChI=1S/C17H14BrF3N4/c1-10-9-24(15-6-5-14-22-8-13(18)25(14)23-15)16(17(10,20)21)11-3-2-4-12(19)7-11/h2-8,10,16H,9H2,1H3/t10-,16+/m1/s1. The molecule has 4 nitrogen and oxygen atoms in total. The van der Waals surface area contributed by atoms with E-state index in [0.29, 0.717) is 16.1 Å². The van der Waals surface area contributed by atoms with Gasteiger partial charge in [-0.3, -0.25) is 0 Å². The van der Waals surface area contributed by atoms with E-state index in [1.807, 2.05) is 0 Å². The van der Waals surface area contributed by atoms with Crippen LogP contribution in [0.1, 0.15) is 18.5 Å². The summed E-state index contributed by atoms with van der Waals surface area (Å²) in [6, 6.07) is 7.49. The maximum atomic E-state index is 14.9. The third-order valence-electron chi connectivity index (χ3n) is 4.57. The lowest BCUT2D eigenvalue weighted by Gasteiger charge is -2.29. The Bertz CT molecular complexity index is 943. The number of hydrogen-bond acceptors (Lipinski definition) is 3. The van der Waals surface area contributed by atoms with Gasteiger partial charge in [-0.2, -0.15) is 0 Å². The molecule has 4 rings (SSSR count). The molecule has 0 unspecified atom stereocenters. The average Bonchev–Trinajstić information content (AvgIpc) is 3.05. The number of aromatic nitrogens is 3. The van der Waals surface area contributed by atoms with E-state index in [4.69, 9.17) is 0 Å². The van der Waals surface area contributed by atoms with E-state index in [1.165, 1.54) is 30.0 Å². The maximum Gasteiger partial charge on any atom is 0.276 e. The van der Waals surface area contributed by atoms with Gasteiger partial charge in [-0.1, -0.05) is 19.1 Å². The Balaban J connectivity index is 1.84. The zero-order valence-electron chi connectivity index (χ0n) is 13.2. The molecule has 3 aromatic rings. The van der Waals surface area contributed by atoms with Crippen LogP contribution in [-0.2, 0) is 0 Å². The lowest BCUT2D eigenvalue weighted by molar-refractivity contribution is -0.0438. The molecular weight excluding hydrogens is 397 g/mol. The van der Waals surface area contributed by atoms with Crippen molar-refractivity contribution in [2.24, 2.45) is 5.92 Å². The molecule has 1 saturated heterocycles. The SMILES string of the molecule is C[C@@H]1CN(c2ccc3ncc(Br)n3n2)[C@@H](c2cccc(F)c2)C1(F)F. The van der Waals surface area contributed by atoms with Gasteiger partial charge in [0, 0.05) is 12.5 Å². The van der Waals surface area contributed by atoms with Gasteiger partial charge < -0.3 is 4.90 Å². The summed E-state index contributed by atoms with van der Waals surface area (Å²) in [5, 5.41) is 4.42. The van der Waals surface area contributed by atoms with E-state index >= 15 is 0 Å². The molecule has 0 saturated carbocycles. The van der Waals surface area contributed by atoms with Gasteiger partial charge in [-0.05, 0) is 45.8 Å².